The smallest absolute Gasteiger partial charge is 0.332 e. The second-order valence-electron chi connectivity index (χ2n) is 10.8. The summed E-state index contributed by atoms with van der Waals surface area (Å²) in [6.07, 6.45) is 0.325. The minimum atomic E-state index is -0.781. The number of para-hydroxylation sites is 2. The van der Waals surface area contributed by atoms with Crippen LogP contribution in [0.3, 0.4) is 0 Å². The molecule has 7 rings (SSSR count). The van der Waals surface area contributed by atoms with Gasteiger partial charge >= 0.3 is 6.03 Å². The molecule has 2 N–H and O–H groups in total. The Bertz CT molecular complexity index is 1680. The third-order valence-corrected chi connectivity index (χ3v) is 8.44. The molecule has 10 heteroatoms. The number of halogens is 1. The summed E-state index contributed by atoms with van der Waals surface area (Å²) in [5.74, 6) is -1.13. The number of anilines is 1. The van der Waals surface area contributed by atoms with Gasteiger partial charge in [-0.1, -0.05) is 42.5 Å². The number of hydrogen-bond donors (Lipinski definition) is 2. The maximum Gasteiger partial charge on any atom is 0.332 e. The van der Waals surface area contributed by atoms with Gasteiger partial charge in [-0.25, -0.2) is 14.1 Å². The van der Waals surface area contributed by atoms with Gasteiger partial charge in [-0.15, -0.1) is 0 Å². The molecular weight excluding hydrogens is 537 g/mol. The van der Waals surface area contributed by atoms with Crippen LogP contribution in [0.4, 0.5) is 14.9 Å². The standard InChI is InChI=1S/C32H30FN5O4/c33-21-11-9-20(10-12-21)29-28-24(22-5-1-3-7-25(22)35-28)19-27-31(40)38(32(41)37(27)29)26-8-4-2-6-23(26)30(39)34-13-14-36-15-17-42-18-16-36/h1-12,27,29,35H,13-19H2,(H,34,39)/t27-,29?/m0/s1. The molecule has 214 valence electrons. The average Bonchev–Trinajstić information content (AvgIpc) is 3.51. The zero-order chi connectivity index (χ0) is 28.8. The van der Waals surface area contributed by atoms with E-state index in [-0.39, 0.29) is 23.0 Å². The molecule has 9 nitrogen and oxygen atoms in total. The van der Waals surface area contributed by atoms with Gasteiger partial charge in [0.05, 0.1) is 24.5 Å². The molecule has 0 bridgehead atoms. The Morgan fingerprint density at radius 2 is 1.71 bits per heavy atom. The minimum Gasteiger partial charge on any atom is -0.379 e. The number of morpholine rings is 1. The summed E-state index contributed by atoms with van der Waals surface area (Å²) in [5.41, 5.74) is 3.85. The van der Waals surface area contributed by atoms with Crippen molar-refractivity contribution in [2.45, 2.75) is 18.5 Å². The Balaban J connectivity index is 1.23. The van der Waals surface area contributed by atoms with Crippen LogP contribution in [0, 0.1) is 5.82 Å². The molecule has 2 atom stereocenters. The van der Waals surface area contributed by atoms with Crippen LogP contribution in [0.5, 0.6) is 0 Å². The SMILES string of the molecule is O=C(NCCN1CCOCC1)c1ccccc1N1C(=O)[C@@H]2Cc3c([nH]c4ccccc34)C(c3ccc(F)cc3)N2C1=O. The van der Waals surface area contributed by atoms with Crippen LogP contribution in [0.25, 0.3) is 10.9 Å². The van der Waals surface area contributed by atoms with Crippen molar-refractivity contribution in [2.75, 3.05) is 44.3 Å². The Hall–Kier alpha value is -4.54. The lowest BCUT2D eigenvalue weighted by Crippen LogP contribution is -2.44. The zero-order valence-corrected chi connectivity index (χ0v) is 22.9. The Morgan fingerprint density at radius 1 is 0.976 bits per heavy atom. The van der Waals surface area contributed by atoms with E-state index in [4.69, 9.17) is 4.74 Å². The maximum atomic E-state index is 14.2. The molecule has 2 fully saturated rings. The number of urea groups is 1. The zero-order valence-electron chi connectivity index (χ0n) is 22.9. The highest BCUT2D eigenvalue weighted by Crippen LogP contribution is 2.45. The number of rotatable bonds is 6. The monoisotopic (exact) mass is 567 g/mol. The van der Waals surface area contributed by atoms with Crippen molar-refractivity contribution in [3.05, 3.63) is 101 Å². The minimum absolute atomic E-state index is 0.247. The lowest BCUT2D eigenvalue weighted by atomic mass is 9.89. The summed E-state index contributed by atoms with van der Waals surface area (Å²) < 4.78 is 19.3. The quantitative estimate of drug-likeness (QED) is 0.345. The summed E-state index contributed by atoms with van der Waals surface area (Å²) in [7, 11) is 0. The molecule has 3 aliphatic heterocycles. The number of H-pyrrole nitrogens is 1. The molecule has 1 aromatic heterocycles. The number of carbonyl (C=O) groups excluding carboxylic acids is 3. The Morgan fingerprint density at radius 3 is 2.52 bits per heavy atom. The number of aromatic nitrogens is 1. The molecule has 42 heavy (non-hydrogen) atoms. The summed E-state index contributed by atoms with van der Waals surface area (Å²) in [4.78, 5) is 50.0. The number of carbonyl (C=O) groups is 3. The van der Waals surface area contributed by atoms with Gasteiger partial charge in [0, 0.05) is 49.2 Å². The van der Waals surface area contributed by atoms with Crippen LogP contribution in [0.2, 0.25) is 0 Å². The van der Waals surface area contributed by atoms with Crippen LogP contribution in [0.15, 0.2) is 72.8 Å². The van der Waals surface area contributed by atoms with Gasteiger partial charge in [-0.3, -0.25) is 19.4 Å². The Labute approximate surface area is 241 Å². The molecule has 2 saturated heterocycles. The molecule has 0 aliphatic carbocycles. The first-order chi connectivity index (χ1) is 20.5. The third kappa shape index (κ3) is 4.43. The van der Waals surface area contributed by atoms with Crippen molar-refractivity contribution in [1.82, 2.24) is 20.1 Å². The van der Waals surface area contributed by atoms with E-state index < -0.39 is 24.0 Å². The maximum absolute atomic E-state index is 14.2. The van der Waals surface area contributed by atoms with Crippen molar-refractivity contribution in [3.8, 4) is 0 Å². The van der Waals surface area contributed by atoms with E-state index in [2.05, 4.69) is 15.2 Å². The largest absolute Gasteiger partial charge is 0.379 e. The fourth-order valence-electron chi connectivity index (χ4n) is 6.40. The van der Waals surface area contributed by atoms with Gasteiger partial charge in [0.1, 0.15) is 17.9 Å². The van der Waals surface area contributed by atoms with Crippen molar-refractivity contribution in [3.63, 3.8) is 0 Å². The van der Waals surface area contributed by atoms with E-state index in [0.29, 0.717) is 38.3 Å². The number of aromatic amines is 1. The van der Waals surface area contributed by atoms with Gasteiger partial charge in [0.2, 0.25) is 0 Å². The predicted molar refractivity (Wildman–Crippen MR) is 155 cm³/mol. The number of nitrogens with one attached hydrogen (secondary N) is 2. The van der Waals surface area contributed by atoms with E-state index in [1.54, 1.807) is 41.3 Å². The van der Waals surface area contributed by atoms with Crippen LogP contribution in [0.1, 0.15) is 33.2 Å². The first-order valence-electron chi connectivity index (χ1n) is 14.2. The van der Waals surface area contributed by atoms with Gasteiger partial charge in [-0.2, -0.15) is 0 Å². The molecule has 0 spiro atoms. The summed E-state index contributed by atoms with van der Waals surface area (Å²) in [6, 6.07) is 18.6. The first kappa shape index (κ1) is 26.4. The molecular formula is C32H30FN5O4. The molecule has 3 aliphatic rings. The van der Waals surface area contributed by atoms with Crippen LogP contribution in [-0.4, -0.2) is 78.1 Å². The van der Waals surface area contributed by atoms with E-state index in [1.807, 2.05) is 24.3 Å². The van der Waals surface area contributed by atoms with Gasteiger partial charge in [-0.05, 0) is 41.5 Å². The highest BCUT2D eigenvalue weighted by molar-refractivity contribution is 6.24. The fraction of sp³-hybridized carbons (Fsp3) is 0.281. The number of benzene rings is 3. The highest BCUT2D eigenvalue weighted by atomic mass is 19.1. The lowest BCUT2D eigenvalue weighted by Gasteiger charge is -2.36. The number of amides is 4. The van der Waals surface area contributed by atoms with Crippen molar-refractivity contribution in [2.24, 2.45) is 0 Å². The first-order valence-corrected chi connectivity index (χ1v) is 14.2. The average molecular weight is 568 g/mol. The molecule has 0 radical (unpaired) electrons. The molecule has 4 amide bonds. The van der Waals surface area contributed by atoms with E-state index >= 15 is 0 Å². The number of nitrogens with zero attached hydrogens (tertiary/aromatic N) is 3. The van der Waals surface area contributed by atoms with Crippen molar-refractivity contribution < 1.29 is 23.5 Å². The molecule has 4 heterocycles. The molecule has 4 aromatic rings. The number of hydrogen-bond acceptors (Lipinski definition) is 5. The number of fused-ring (bicyclic) bond motifs is 4. The summed E-state index contributed by atoms with van der Waals surface area (Å²) in [5, 5.41) is 3.93. The van der Waals surface area contributed by atoms with Gasteiger partial charge in [0.15, 0.2) is 0 Å². The van der Waals surface area contributed by atoms with Crippen molar-refractivity contribution in [1.29, 1.82) is 0 Å². The van der Waals surface area contributed by atoms with Gasteiger partial charge in [0.25, 0.3) is 11.8 Å². The topological polar surface area (TPSA) is 98.0 Å². The second-order valence-corrected chi connectivity index (χ2v) is 10.8. The number of ether oxygens (including phenoxy) is 1. The summed E-state index contributed by atoms with van der Waals surface area (Å²) in [6.45, 7) is 4.08. The van der Waals surface area contributed by atoms with E-state index in [0.717, 1.165) is 40.1 Å². The number of imide groups is 1. The predicted octanol–water partition coefficient (Wildman–Crippen LogP) is 3.85. The van der Waals surface area contributed by atoms with E-state index in [1.165, 1.54) is 12.1 Å². The fourth-order valence-corrected chi connectivity index (χ4v) is 6.40. The third-order valence-electron chi connectivity index (χ3n) is 8.44. The highest BCUT2D eigenvalue weighted by Gasteiger charge is 2.53. The Kier molecular flexibility index (Phi) is 6.72. The second kappa shape index (κ2) is 10.7. The van der Waals surface area contributed by atoms with Gasteiger partial charge < -0.3 is 15.0 Å². The van der Waals surface area contributed by atoms with Crippen LogP contribution >= 0.6 is 0 Å². The van der Waals surface area contributed by atoms with E-state index in [9.17, 15) is 18.8 Å². The molecule has 0 saturated carbocycles. The molecule has 3 aromatic carbocycles. The van der Waals surface area contributed by atoms with Crippen LogP contribution in [-0.2, 0) is 16.0 Å². The molecule has 1 unspecified atom stereocenters. The summed E-state index contributed by atoms with van der Waals surface area (Å²) >= 11 is 0. The van der Waals surface area contributed by atoms with Crippen LogP contribution < -0.4 is 10.2 Å². The van der Waals surface area contributed by atoms with Crippen molar-refractivity contribution >= 4 is 34.4 Å². The normalized spacial score (nSPS) is 20.6. The lowest BCUT2D eigenvalue weighted by molar-refractivity contribution is -0.120.